The second-order valence-corrected chi connectivity index (χ2v) is 10.7. The van der Waals surface area contributed by atoms with Crippen molar-refractivity contribution in [2.24, 2.45) is 0 Å². The van der Waals surface area contributed by atoms with Crippen molar-refractivity contribution in [3.8, 4) is 10.6 Å². The maximum absolute atomic E-state index is 13.2. The van der Waals surface area contributed by atoms with E-state index >= 15 is 0 Å². The molecule has 0 aromatic carbocycles. The molecule has 37 heavy (non-hydrogen) atoms. The van der Waals surface area contributed by atoms with Gasteiger partial charge in [-0.25, -0.2) is 4.98 Å². The Kier molecular flexibility index (Phi) is 5.79. The van der Waals surface area contributed by atoms with Gasteiger partial charge in [0.05, 0.1) is 28.1 Å². The summed E-state index contributed by atoms with van der Waals surface area (Å²) in [4.78, 5) is 46.6. The van der Waals surface area contributed by atoms with Crippen LogP contribution in [0.1, 0.15) is 41.4 Å². The van der Waals surface area contributed by atoms with Gasteiger partial charge in [-0.2, -0.15) is 9.61 Å². The lowest BCUT2D eigenvalue weighted by atomic mass is 10.1. The smallest absolute Gasteiger partial charge is 0.264 e. The van der Waals surface area contributed by atoms with E-state index in [-0.39, 0.29) is 24.1 Å². The van der Waals surface area contributed by atoms with Gasteiger partial charge in [0.15, 0.2) is 5.65 Å². The van der Waals surface area contributed by atoms with E-state index in [2.05, 4.69) is 22.3 Å². The summed E-state index contributed by atoms with van der Waals surface area (Å²) in [7, 11) is 0. The Balaban J connectivity index is 1.31. The Morgan fingerprint density at radius 3 is 2.62 bits per heavy atom. The molecular weight excluding hydrogens is 490 g/mol. The molecule has 3 aliphatic rings. The fraction of sp³-hybridized carbons (Fsp3) is 0.346. The maximum atomic E-state index is 13.2. The Labute approximate surface area is 217 Å². The number of allylic oxidation sites excluding steroid dienone is 1. The first-order valence-corrected chi connectivity index (χ1v) is 13.2. The van der Waals surface area contributed by atoms with Crippen molar-refractivity contribution >= 4 is 46.6 Å². The first-order chi connectivity index (χ1) is 17.9. The number of aromatic nitrogens is 3. The average molecular weight is 518 g/mol. The van der Waals surface area contributed by atoms with Crippen LogP contribution < -0.4 is 10.6 Å². The van der Waals surface area contributed by atoms with Crippen LogP contribution >= 0.6 is 11.3 Å². The molecule has 0 spiro atoms. The van der Waals surface area contributed by atoms with Gasteiger partial charge in [0.1, 0.15) is 5.82 Å². The maximum Gasteiger partial charge on any atom is 0.264 e. The summed E-state index contributed by atoms with van der Waals surface area (Å²) >= 11 is 1.41. The van der Waals surface area contributed by atoms with Gasteiger partial charge in [0, 0.05) is 56.5 Å². The predicted octanol–water partition coefficient (Wildman–Crippen LogP) is 2.75. The quantitative estimate of drug-likeness (QED) is 0.538. The molecule has 6 rings (SSSR count). The molecule has 3 amide bonds. The zero-order chi connectivity index (χ0) is 25.7. The van der Waals surface area contributed by atoms with Crippen LogP contribution in [0.3, 0.4) is 0 Å². The van der Waals surface area contributed by atoms with Crippen LogP contribution in [0.4, 0.5) is 5.82 Å². The minimum Gasteiger partial charge on any atom is -0.367 e. The molecule has 3 fully saturated rings. The highest BCUT2D eigenvalue weighted by Crippen LogP contribution is 2.33. The van der Waals surface area contributed by atoms with Crippen molar-refractivity contribution in [1.82, 2.24) is 29.7 Å². The molecule has 10 nitrogen and oxygen atoms in total. The van der Waals surface area contributed by atoms with Crippen molar-refractivity contribution in [2.45, 2.75) is 32.2 Å². The van der Waals surface area contributed by atoms with E-state index in [0.29, 0.717) is 48.4 Å². The van der Waals surface area contributed by atoms with Crippen LogP contribution in [0.25, 0.3) is 22.3 Å². The normalized spacial score (nSPS) is 19.1. The number of rotatable bonds is 5. The van der Waals surface area contributed by atoms with Crippen LogP contribution in [0.15, 0.2) is 42.2 Å². The summed E-state index contributed by atoms with van der Waals surface area (Å²) in [6.45, 7) is 7.66. The molecule has 1 saturated carbocycles. The molecular formula is C26H27N7O3S. The number of hydrogen-bond donors (Lipinski definition) is 2. The fourth-order valence-electron chi connectivity index (χ4n) is 4.62. The molecule has 3 aromatic heterocycles. The summed E-state index contributed by atoms with van der Waals surface area (Å²) < 4.78 is 1.79. The first-order valence-electron chi connectivity index (χ1n) is 12.4. The van der Waals surface area contributed by atoms with E-state index < -0.39 is 0 Å². The van der Waals surface area contributed by atoms with Crippen LogP contribution in [-0.2, 0) is 9.59 Å². The topological polar surface area (TPSA) is 112 Å². The summed E-state index contributed by atoms with van der Waals surface area (Å²) in [5.41, 5.74) is 3.63. The van der Waals surface area contributed by atoms with Gasteiger partial charge in [-0.15, -0.1) is 11.3 Å². The third kappa shape index (κ3) is 4.62. The van der Waals surface area contributed by atoms with Gasteiger partial charge in [0.2, 0.25) is 11.8 Å². The van der Waals surface area contributed by atoms with E-state index in [1.807, 2.05) is 24.3 Å². The molecule has 0 bridgehead atoms. The third-order valence-electron chi connectivity index (χ3n) is 6.87. The van der Waals surface area contributed by atoms with Gasteiger partial charge in [-0.3, -0.25) is 14.4 Å². The minimum atomic E-state index is -0.0732. The number of nitrogens with one attached hydrogen (secondary N) is 2. The number of anilines is 1. The van der Waals surface area contributed by atoms with Crippen molar-refractivity contribution in [3.63, 3.8) is 0 Å². The highest BCUT2D eigenvalue weighted by Gasteiger charge is 2.26. The molecule has 2 saturated heterocycles. The molecule has 1 aliphatic carbocycles. The van der Waals surface area contributed by atoms with E-state index in [1.165, 1.54) is 11.3 Å². The lowest BCUT2D eigenvalue weighted by Crippen LogP contribution is -2.49. The molecule has 11 heteroatoms. The summed E-state index contributed by atoms with van der Waals surface area (Å²) in [6.07, 6.45) is 6.15. The molecule has 2 aliphatic heterocycles. The number of thiophene rings is 1. The van der Waals surface area contributed by atoms with Crippen LogP contribution in [-0.4, -0.2) is 74.3 Å². The third-order valence-corrected chi connectivity index (χ3v) is 7.96. The lowest BCUT2D eigenvalue weighted by molar-refractivity contribution is -0.130. The van der Waals surface area contributed by atoms with Crippen LogP contribution in [0, 0.1) is 0 Å². The lowest BCUT2D eigenvalue weighted by Gasteiger charge is -2.33. The van der Waals surface area contributed by atoms with E-state index in [1.54, 1.807) is 27.4 Å². The van der Waals surface area contributed by atoms with Gasteiger partial charge in [-0.1, -0.05) is 6.58 Å². The first kappa shape index (κ1) is 23.4. The number of nitrogens with zero attached hydrogens (tertiary/aromatic N) is 5. The second kappa shape index (κ2) is 9.15. The number of piperazine rings is 1. The second-order valence-electron chi connectivity index (χ2n) is 9.62. The number of amides is 3. The Morgan fingerprint density at radius 2 is 1.95 bits per heavy atom. The standard InChI is InChI=1S/C26H27N7O3S/c1-15-17(12-24(35)28-15)11-18-14-27-33-23(29-19-3-4-19)13-20(30-25(18)33)21-5-6-22(37-21)26(36)32-9-7-31(8-10-32)16(2)34/h5-6,11,13-14,19,29H,1,3-4,7-10,12H2,2H3,(H,28,35)/b17-11+. The number of carbonyl (C=O) groups is 3. The molecule has 190 valence electrons. The average Bonchev–Trinajstić information content (AvgIpc) is 3.25. The van der Waals surface area contributed by atoms with E-state index in [9.17, 15) is 14.4 Å². The van der Waals surface area contributed by atoms with Gasteiger partial charge in [0.25, 0.3) is 5.91 Å². The monoisotopic (exact) mass is 517 g/mol. The van der Waals surface area contributed by atoms with Crippen molar-refractivity contribution in [2.75, 3.05) is 31.5 Å². The zero-order valence-corrected chi connectivity index (χ0v) is 21.3. The zero-order valence-electron chi connectivity index (χ0n) is 20.5. The predicted molar refractivity (Wildman–Crippen MR) is 141 cm³/mol. The summed E-state index contributed by atoms with van der Waals surface area (Å²) in [6, 6.07) is 6.16. The number of carbonyl (C=O) groups excluding carboxylic acids is 3. The fourth-order valence-corrected chi connectivity index (χ4v) is 5.55. The summed E-state index contributed by atoms with van der Waals surface area (Å²) in [5, 5.41) is 10.8. The largest absolute Gasteiger partial charge is 0.367 e. The van der Waals surface area contributed by atoms with E-state index in [0.717, 1.165) is 40.4 Å². The summed E-state index contributed by atoms with van der Waals surface area (Å²) in [5.74, 6) is 0.783. The van der Waals surface area contributed by atoms with Crippen molar-refractivity contribution < 1.29 is 14.4 Å². The van der Waals surface area contributed by atoms with Crippen molar-refractivity contribution in [1.29, 1.82) is 0 Å². The highest BCUT2D eigenvalue weighted by atomic mass is 32.1. The molecule has 0 atom stereocenters. The number of fused-ring (bicyclic) bond motifs is 1. The molecule has 0 radical (unpaired) electrons. The SMILES string of the molecule is C=C1NC(=O)C/C1=C\c1cnn2c(NC3CC3)cc(-c3ccc(C(=O)N4CCN(C(C)=O)CC4)s3)nc12. The van der Waals surface area contributed by atoms with Gasteiger partial charge in [-0.05, 0) is 36.6 Å². The van der Waals surface area contributed by atoms with Gasteiger partial charge >= 0.3 is 0 Å². The molecule has 3 aromatic rings. The Bertz CT molecular complexity index is 1470. The van der Waals surface area contributed by atoms with Crippen LogP contribution in [0.5, 0.6) is 0 Å². The van der Waals surface area contributed by atoms with Gasteiger partial charge < -0.3 is 20.4 Å². The Hall–Kier alpha value is -3.99. The van der Waals surface area contributed by atoms with E-state index in [4.69, 9.17) is 4.98 Å². The van der Waals surface area contributed by atoms with Crippen molar-refractivity contribution in [3.05, 3.63) is 52.7 Å². The highest BCUT2D eigenvalue weighted by molar-refractivity contribution is 7.17. The van der Waals surface area contributed by atoms with Crippen LogP contribution in [0.2, 0.25) is 0 Å². The number of hydrogen-bond acceptors (Lipinski definition) is 7. The molecule has 2 N–H and O–H groups in total. The molecule has 0 unspecified atom stereocenters. The molecule has 5 heterocycles. The minimum absolute atomic E-state index is 0.0245. The Morgan fingerprint density at radius 1 is 1.19 bits per heavy atom.